The highest BCUT2D eigenvalue weighted by atomic mass is 32.2. The van der Waals surface area contributed by atoms with E-state index in [4.69, 9.17) is 0 Å². The SMILES string of the molecule is CN=C(NCCCCN1C(=O)c2ccccc2C1=O)NCCSc1ccccc1. The van der Waals surface area contributed by atoms with E-state index < -0.39 is 0 Å². The van der Waals surface area contributed by atoms with Crippen LogP contribution in [0.3, 0.4) is 0 Å². The second-order valence-electron chi connectivity index (χ2n) is 6.60. The van der Waals surface area contributed by atoms with Gasteiger partial charge in [-0.15, -0.1) is 11.8 Å². The number of guanidine groups is 1. The summed E-state index contributed by atoms with van der Waals surface area (Å²) in [5.41, 5.74) is 1.02. The molecule has 1 aliphatic rings. The summed E-state index contributed by atoms with van der Waals surface area (Å²) in [6, 6.07) is 17.3. The molecule has 3 rings (SSSR count). The van der Waals surface area contributed by atoms with Crippen molar-refractivity contribution in [2.24, 2.45) is 4.99 Å². The molecule has 0 bridgehead atoms. The number of amides is 2. The Labute approximate surface area is 175 Å². The second-order valence-corrected chi connectivity index (χ2v) is 7.77. The lowest BCUT2D eigenvalue weighted by Gasteiger charge is -2.15. The third kappa shape index (κ3) is 5.60. The summed E-state index contributed by atoms with van der Waals surface area (Å²) in [4.78, 5) is 31.5. The van der Waals surface area contributed by atoms with Crippen LogP contribution >= 0.6 is 11.8 Å². The van der Waals surface area contributed by atoms with Gasteiger partial charge in [-0.2, -0.15) is 0 Å². The van der Waals surface area contributed by atoms with Gasteiger partial charge in [0, 0.05) is 37.3 Å². The molecule has 0 atom stereocenters. The number of aliphatic imine (C=N–C) groups is 1. The molecule has 0 unspecified atom stereocenters. The van der Waals surface area contributed by atoms with Crippen LogP contribution in [-0.4, -0.2) is 55.1 Å². The zero-order valence-corrected chi connectivity index (χ0v) is 17.4. The Morgan fingerprint density at radius 1 is 0.897 bits per heavy atom. The summed E-state index contributed by atoms with van der Waals surface area (Å²) in [5, 5.41) is 6.57. The number of unbranched alkanes of at least 4 members (excludes halogenated alkanes) is 1. The lowest BCUT2D eigenvalue weighted by Crippen LogP contribution is -2.39. The smallest absolute Gasteiger partial charge is 0.261 e. The summed E-state index contributed by atoms with van der Waals surface area (Å²) in [6.07, 6.45) is 1.59. The summed E-state index contributed by atoms with van der Waals surface area (Å²) in [7, 11) is 1.75. The van der Waals surface area contributed by atoms with Crippen LogP contribution in [0.1, 0.15) is 33.6 Å². The molecular weight excluding hydrogens is 384 g/mol. The molecular formula is C22H26N4O2S. The molecule has 0 aromatic heterocycles. The van der Waals surface area contributed by atoms with Crippen molar-refractivity contribution in [3.05, 3.63) is 65.7 Å². The maximum absolute atomic E-state index is 12.3. The number of rotatable bonds is 9. The van der Waals surface area contributed by atoms with Crippen molar-refractivity contribution < 1.29 is 9.59 Å². The predicted molar refractivity (Wildman–Crippen MR) is 118 cm³/mol. The molecule has 7 heteroatoms. The summed E-state index contributed by atoms with van der Waals surface area (Å²) < 4.78 is 0. The number of hydrogen-bond acceptors (Lipinski definition) is 4. The van der Waals surface area contributed by atoms with Gasteiger partial charge in [0.2, 0.25) is 0 Å². The van der Waals surface area contributed by atoms with Gasteiger partial charge >= 0.3 is 0 Å². The summed E-state index contributed by atoms with van der Waals surface area (Å²) >= 11 is 1.80. The number of thioether (sulfide) groups is 1. The first-order valence-corrected chi connectivity index (χ1v) is 10.8. The highest BCUT2D eigenvalue weighted by Gasteiger charge is 2.34. The number of fused-ring (bicyclic) bond motifs is 1. The Kier molecular flexibility index (Phi) is 7.69. The second kappa shape index (κ2) is 10.7. The molecule has 0 saturated carbocycles. The molecule has 152 valence electrons. The third-order valence-electron chi connectivity index (χ3n) is 4.61. The van der Waals surface area contributed by atoms with Crippen molar-refractivity contribution in [1.29, 1.82) is 0 Å². The van der Waals surface area contributed by atoms with E-state index in [0.717, 1.165) is 37.6 Å². The number of hydrogen-bond donors (Lipinski definition) is 2. The van der Waals surface area contributed by atoms with E-state index in [1.807, 2.05) is 18.2 Å². The van der Waals surface area contributed by atoms with Crippen LogP contribution in [0.15, 0.2) is 64.5 Å². The van der Waals surface area contributed by atoms with Crippen LogP contribution in [0, 0.1) is 0 Å². The molecule has 2 aromatic rings. The minimum atomic E-state index is -0.188. The molecule has 1 heterocycles. The van der Waals surface area contributed by atoms with Crippen LogP contribution in [0.2, 0.25) is 0 Å². The van der Waals surface area contributed by atoms with Gasteiger partial charge in [-0.05, 0) is 37.1 Å². The van der Waals surface area contributed by atoms with E-state index in [1.54, 1.807) is 43.1 Å². The highest BCUT2D eigenvalue weighted by Crippen LogP contribution is 2.22. The van der Waals surface area contributed by atoms with Crippen molar-refractivity contribution in [2.75, 3.05) is 32.4 Å². The zero-order chi connectivity index (χ0) is 20.5. The Balaban J connectivity index is 1.31. The number of nitrogens with zero attached hydrogens (tertiary/aromatic N) is 2. The van der Waals surface area contributed by atoms with Gasteiger partial charge in [-0.25, -0.2) is 0 Å². The molecule has 2 N–H and O–H groups in total. The lowest BCUT2D eigenvalue weighted by molar-refractivity contribution is 0.0652. The predicted octanol–water partition coefficient (Wildman–Crippen LogP) is 3.02. The fourth-order valence-electron chi connectivity index (χ4n) is 3.12. The number of imide groups is 1. The molecule has 0 fully saturated rings. The number of nitrogens with one attached hydrogen (secondary N) is 2. The van der Waals surface area contributed by atoms with Crippen LogP contribution in [0.5, 0.6) is 0 Å². The van der Waals surface area contributed by atoms with Crippen molar-refractivity contribution in [2.45, 2.75) is 17.7 Å². The van der Waals surface area contributed by atoms with Crippen LogP contribution in [0.25, 0.3) is 0 Å². The van der Waals surface area contributed by atoms with Crippen molar-refractivity contribution in [3.63, 3.8) is 0 Å². The third-order valence-corrected chi connectivity index (χ3v) is 5.62. The molecule has 0 radical (unpaired) electrons. The van der Waals surface area contributed by atoms with Crippen molar-refractivity contribution >= 4 is 29.5 Å². The van der Waals surface area contributed by atoms with Gasteiger partial charge < -0.3 is 10.6 Å². The average molecular weight is 411 g/mol. The van der Waals surface area contributed by atoms with Crippen LogP contribution in [-0.2, 0) is 0 Å². The fourth-order valence-corrected chi connectivity index (χ4v) is 3.91. The Hall–Kier alpha value is -2.80. The first kappa shape index (κ1) is 20.9. The van der Waals surface area contributed by atoms with Gasteiger partial charge in [0.05, 0.1) is 11.1 Å². The Morgan fingerprint density at radius 3 is 2.17 bits per heavy atom. The standard InChI is InChI=1S/C22H26N4O2S/c1-23-22(25-14-16-29-17-9-3-2-4-10-17)24-13-7-8-15-26-20(27)18-11-5-6-12-19(18)21(26)28/h2-6,9-12H,7-8,13-16H2,1H3,(H2,23,24,25). The van der Waals surface area contributed by atoms with Gasteiger partial charge in [-0.1, -0.05) is 30.3 Å². The summed E-state index contributed by atoms with van der Waals surface area (Å²) in [6.45, 7) is 1.98. The van der Waals surface area contributed by atoms with E-state index >= 15 is 0 Å². The van der Waals surface area contributed by atoms with Crippen molar-refractivity contribution in [3.8, 4) is 0 Å². The Bertz CT molecular complexity index is 835. The number of carbonyl (C=O) groups excluding carboxylic acids is 2. The molecule has 0 saturated heterocycles. The molecule has 1 aliphatic heterocycles. The maximum atomic E-state index is 12.3. The Morgan fingerprint density at radius 2 is 1.52 bits per heavy atom. The van der Waals surface area contributed by atoms with Gasteiger partial charge in [-0.3, -0.25) is 19.5 Å². The molecule has 29 heavy (non-hydrogen) atoms. The normalized spacial score (nSPS) is 13.6. The van der Waals surface area contributed by atoms with E-state index in [-0.39, 0.29) is 11.8 Å². The van der Waals surface area contributed by atoms with Crippen molar-refractivity contribution in [1.82, 2.24) is 15.5 Å². The molecule has 0 aliphatic carbocycles. The van der Waals surface area contributed by atoms with E-state index in [0.29, 0.717) is 17.7 Å². The van der Waals surface area contributed by atoms with E-state index in [2.05, 4.69) is 27.8 Å². The largest absolute Gasteiger partial charge is 0.356 e. The quantitative estimate of drug-likeness (QED) is 0.219. The van der Waals surface area contributed by atoms with E-state index in [9.17, 15) is 9.59 Å². The highest BCUT2D eigenvalue weighted by molar-refractivity contribution is 7.99. The van der Waals surface area contributed by atoms with Crippen LogP contribution in [0.4, 0.5) is 0 Å². The van der Waals surface area contributed by atoms with Gasteiger partial charge in [0.1, 0.15) is 0 Å². The average Bonchev–Trinajstić information content (AvgIpc) is 3.00. The minimum Gasteiger partial charge on any atom is -0.356 e. The van der Waals surface area contributed by atoms with Gasteiger partial charge in [0.15, 0.2) is 5.96 Å². The fraction of sp³-hybridized carbons (Fsp3) is 0.318. The number of benzene rings is 2. The monoisotopic (exact) mass is 410 g/mol. The first-order valence-electron chi connectivity index (χ1n) is 9.78. The zero-order valence-electron chi connectivity index (χ0n) is 16.6. The first-order chi connectivity index (χ1) is 14.2. The topological polar surface area (TPSA) is 73.8 Å². The van der Waals surface area contributed by atoms with Crippen LogP contribution < -0.4 is 10.6 Å². The molecule has 2 aromatic carbocycles. The maximum Gasteiger partial charge on any atom is 0.261 e. The van der Waals surface area contributed by atoms with Gasteiger partial charge in [0.25, 0.3) is 11.8 Å². The number of carbonyl (C=O) groups is 2. The molecule has 6 nitrogen and oxygen atoms in total. The molecule has 2 amide bonds. The van der Waals surface area contributed by atoms with E-state index in [1.165, 1.54) is 9.80 Å². The summed E-state index contributed by atoms with van der Waals surface area (Å²) in [5.74, 6) is 1.34. The lowest BCUT2D eigenvalue weighted by atomic mass is 10.1. The minimum absolute atomic E-state index is 0.188. The molecule has 0 spiro atoms.